The standard InChI is InChI=1S/C14H12BrF2NO3S/c1-20-10-6-8(2-3-9(10)21-14(16)17)7-18-13(19)11-4-5-12(15)22-11/h2-6,14H,7H2,1H3,(H,18,19). The first-order valence-electron chi connectivity index (χ1n) is 6.15. The van der Waals surface area contributed by atoms with Gasteiger partial charge in [0.1, 0.15) is 0 Å². The van der Waals surface area contributed by atoms with E-state index in [9.17, 15) is 13.6 Å². The number of amides is 1. The number of methoxy groups -OCH3 is 1. The van der Waals surface area contributed by atoms with Crippen molar-refractivity contribution in [1.82, 2.24) is 5.32 Å². The quantitative estimate of drug-likeness (QED) is 0.807. The molecule has 0 aliphatic heterocycles. The molecule has 8 heteroatoms. The molecule has 1 aromatic carbocycles. The van der Waals surface area contributed by atoms with Crippen LogP contribution in [0.15, 0.2) is 34.1 Å². The van der Waals surface area contributed by atoms with E-state index in [-0.39, 0.29) is 24.0 Å². The zero-order chi connectivity index (χ0) is 16.1. The summed E-state index contributed by atoms with van der Waals surface area (Å²) < 4.78 is 34.7. The molecule has 0 unspecified atom stereocenters. The smallest absolute Gasteiger partial charge is 0.387 e. The van der Waals surface area contributed by atoms with Gasteiger partial charge in [0.2, 0.25) is 0 Å². The van der Waals surface area contributed by atoms with Gasteiger partial charge in [0.05, 0.1) is 15.8 Å². The number of carbonyl (C=O) groups excluding carboxylic acids is 1. The second-order valence-corrected chi connectivity index (χ2v) is 6.61. The Morgan fingerprint density at radius 1 is 1.32 bits per heavy atom. The zero-order valence-electron chi connectivity index (χ0n) is 11.4. The maximum atomic E-state index is 12.2. The third kappa shape index (κ3) is 4.41. The van der Waals surface area contributed by atoms with Gasteiger partial charge in [-0.2, -0.15) is 8.78 Å². The van der Waals surface area contributed by atoms with Crippen molar-refractivity contribution in [2.24, 2.45) is 0 Å². The lowest BCUT2D eigenvalue weighted by Crippen LogP contribution is -2.21. The van der Waals surface area contributed by atoms with Gasteiger partial charge in [0.15, 0.2) is 11.5 Å². The Labute approximate surface area is 138 Å². The number of rotatable bonds is 6. The fourth-order valence-electron chi connectivity index (χ4n) is 1.72. The minimum Gasteiger partial charge on any atom is -0.493 e. The van der Waals surface area contributed by atoms with Gasteiger partial charge in [0.25, 0.3) is 5.91 Å². The number of carbonyl (C=O) groups is 1. The van der Waals surface area contributed by atoms with Gasteiger partial charge in [-0.15, -0.1) is 11.3 Å². The molecule has 2 rings (SSSR count). The van der Waals surface area contributed by atoms with Crippen molar-refractivity contribution in [2.75, 3.05) is 7.11 Å². The Bertz CT molecular complexity index is 663. The van der Waals surface area contributed by atoms with Gasteiger partial charge in [-0.3, -0.25) is 4.79 Å². The van der Waals surface area contributed by atoms with Crippen LogP contribution in [-0.4, -0.2) is 19.6 Å². The number of alkyl halides is 2. The average Bonchev–Trinajstić information content (AvgIpc) is 2.92. The highest BCUT2D eigenvalue weighted by molar-refractivity contribution is 9.11. The number of halogens is 3. The molecule has 1 aromatic heterocycles. The Morgan fingerprint density at radius 3 is 2.68 bits per heavy atom. The van der Waals surface area contributed by atoms with Gasteiger partial charge >= 0.3 is 6.61 Å². The molecule has 0 aliphatic carbocycles. The number of hydrogen-bond donors (Lipinski definition) is 1. The minimum absolute atomic E-state index is 0.0465. The minimum atomic E-state index is -2.92. The highest BCUT2D eigenvalue weighted by Crippen LogP contribution is 2.29. The number of ether oxygens (including phenoxy) is 2. The summed E-state index contributed by atoms with van der Waals surface area (Å²) in [5.41, 5.74) is 0.711. The first kappa shape index (κ1) is 16.7. The van der Waals surface area contributed by atoms with E-state index in [2.05, 4.69) is 26.0 Å². The van der Waals surface area contributed by atoms with Crippen LogP contribution in [0.25, 0.3) is 0 Å². The lowest BCUT2D eigenvalue weighted by atomic mass is 10.2. The fourth-order valence-corrected chi connectivity index (χ4v) is 3.02. The Kier molecular flexibility index (Phi) is 5.73. The first-order valence-corrected chi connectivity index (χ1v) is 7.76. The SMILES string of the molecule is COc1cc(CNC(=O)c2ccc(Br)s2)ccc1OC(F)F. The van der Waals surface area contributed by atoms with E-state index < -0.39 is 6.61 Å². The molecule has 2 aromatic rings. The van der Waals surface area contributed by atoms with Crippen molar-refractivity contribution in [3.05, 3.63) is 44.6 Å². The molecule has 1 heterocycles. The maximum Gasteiger partial charge on any atom is 0.387 e. The Hall–Kier alpha value is -1.67. The molecule has 22 heavy (non-hydrogen) atoms. The maximum absolute atomic E-state index is 12.2. The van der Waals surface area contributed by atoms with Crippen molar-refractivity contribution < 1.29 is 23.0 Å². The summed E-state index contributed by atoms with van der Waals surface area (Å²) >= 11 is 4.61. The predicted molar refractivity (Wildman–Crippen MR) is 82.8 cm³/mol. The van der Waals surface area contributed by atoms with Crippen LogP contribution in [0.1, 0.15) is 15.2 Å². The van der Waals surface area contributed by atoms with Crippen molar-refractivity contribution in [3.63, 3.8) is 0 Å². The van der Waals surface area contributed by atoms with Crippen LogP contribution in [0.4, 0.5) is 8.78 Å². The molecule has 0 radical (unpaired) electrons. The third-order valence-electron chi connectivity index (χ3n) is 2.69. The molecule has 4 nitrogen and oxygen atoms in total. The fraction of sp³-hybridized carbons (Fsp3) is 0.214. The van der Waals surface area contributed by atoms with Crippen LogP contribution in [0.5, 0.6) is 11.5 Å². The van der Waals surface area contributed by atoms with Crippen LogP contribution in [-0.2, 0) is 6.54 Å². The van der Waals surface area contributed by atoms with E-state index >= 15 is 0 Å². The molecule has 0 spiro atoms. The molecule has 0 bridgehead atoms. The molecule has 1 N–H and O–H groups in total. The number of benzene rings is 1. The molecule has 0 fully saturated rings. The first-order chi connectivity index (χ1) is 10.5. The van der Waals surface area contributed by atoms with E-state index in [0.29, 0.717) is 10.4 Å². The van der Waals surface area contributed by atoms with Crippen molar-refractivity contribution in [2.45, 2.75) is 13.2 Å². The van der Waals surface area contributed by atoms with E-state index in [0.717, 1.165) is 3.79 Å². The van der Waals surface area contributed by atoms with Crippen molar-refractivity contribution in [3.8, 4) is 11.5 Å². The zero-order valence-corrected chi connectivity index (χ0v) is 13.8. The molecular weight excluding hydrogens is 380 g/mol. The molecule has 118 valence electrons. The van der Waals surface area contributed by atoms with Gasteiger partial charge in [-0.25, -0.2) is 0 Å². The normalized spacial score (nSPS) is 10.6. The van der Waals surface area contributed by atoms with E-state index in [4.69, 9.17) is 4.74 Å². The van der Waals surface area contributed by atoms with E-state index in [1.165, 1.54) is 24.5 Å². The lowest BCUT2D eigenvalue weighted by Gasteiger charge is -2.11. The molecular formula is C14H12BrF2NO3S. The highest BCUT2D eigenvalue weighted by atomic mass is 79.9. The largest absolute Gasteiger partial charge is 0.493 e. The lowest BCUT2D eigenvalue weighted by molar-refractivity contribution is -0.0512. The van der Waals surface area contributed by atoms with Gasteiger partial charge in [0, 0.05) is 6.54 Å². The van der Waals surface area contributed by atoms with Crippen molar-refractivity contribution in [1.29, 1.82) is 0 Å². The van der Waals surface area contributed by atoms with Crippen LogP contribution in [0.3, 0.4) is 0 Å². The molecule has 1 amide bonds. The number of hydrogen-bond acceptors (Lipinski definition) is 4. The predicted octanol–water partition coefficient (Wildman–Crippen LogP) is 4.05. The second-order valence-electron chi connectivity index (χ2n) is 4.15. The van der Waals surface area contributed by atoms with Crippen LogP contribution in [0.2, 0.25) is 0 Å². The summed E-state index contributed by atoms with van der Waals surface area (Å²) in [4.78, 5) is 12.5. The Balaban J connectivity index is 2.02. The summed E-state index contributed by atoms with van der Waals surface area (Å²) in [6.07, 6.45) is 0. The van der Waals surface area contributed by atoms with E-state index in [1.807, 2.05) is 0 Å². The Morgan fingerprint density at radius 2 is 2.09 bits per heavy atom. The monoisotopic (exact) mass is 391 g/mol. The topological polar surface area (TPSA) is 47.6 Å². The highest BCUT2D eigenvalue weighted by Gasteiger charge is 2.12. The summed E-state index contributed by atoms with van der Waals surface area (Å²) in [6.45, 7) is -2.67. The second kappa shape index (κ2) is 7.55. The average molecular weight is 392 g/mol. The van der Waals surface area contributed by atoms with Gasteiger partial charge in [-0.05, 0) is 45.8 Å². The van der Waals surface area contributed by atoms with Crippen LogP contribution < -0.4 is 14.8 Å². The van der Waals surface area contributed by atoms with Crippen LogP contribution in [0, 0.1) is 0 Å². The molecule has 0 atom stereocenters. The molecule has 0 saturated carbocycles. The summed E-state index contributed by atoms with van der Waals surface area (Å²) in [7, 11) is 1.36. The van der Waals surface area contributed by atoms with E-state index in [1.54, 1.807) is 24.3 Å². The number of thiophene rings is 1. The van der Waals surface area contributed by atoms with Crippen molar-refractivity contribution >= 4 is 33.2 Å². The summed E-state index contributed by atoms with van der Waals surface area (Å²) in [5, 5.41) is 2.75. The molecule has 0 saturated heterocycles. The van der Waals surface area contributed by atoms with Gasteiger partial charge in [-0.1, -0.05) is 6.07 Å². The molecule has 0 aliphatic rings. The van der Waals surface area contributed by atoms with Gasteiger partial charge < -0.3 is 14.8 Å². The van der Waals surface area contributed by atoms with Crippen LogP contribution >= 0.6 is 27.3 Å². The summed E-state index contributed by atoms with van der Waals surface area (Å²) in [6, 6.07) is 8.02. The third-order valence-corrected chi connectivity index (χ3v) is 4.32. The number of nitrogens with one attached hydrogen (secondary N) is 1. The summed E-state index contributed by atoms with van der Waals surface area (Å²) in [5.74, 6) is -0.0664.